The maximum atomic E-state index is 4.10. The van der Waals surface area contributed by atoms with Crippen LogP contribution in [0.4, 0.5) is 5.69 Å². The van der Waals surface area contributed by atoms with Crippen molar-refractivity contribution in [3.8, 4) is 11.5 Å². The van der Waals surface area contributed by atoms with Crippen LogP contribution in [0, 0.1) is 12.7 Å². The van der Waals surface area contributed by atoms with Gasteiger partial charge >= 0.3 is 20.1 Å². The first-order valence-electron chi connectivity index (χ1n) is 7.18. The topological polar surface area (TPSA) is 46.4 Å². The maximum Gasteiger partial charge on any atom is 3.00 e. The van der Waals surface area contributed by atoms with Gasteiger partial charge in [0.25, 0.3) is 0 Å². The van der Waals surface area contributed by atoms with Crippen molar-refractivity contribution in [1.29, 1.82) is 0 Å². The molecule has 0 radical (unpaired) electrons. The average Bonchev–Trinajstić information content (AvgIpc) is 3.29. The van der Waals surface area contributed by atoms with E-state index in [0.29, 0.717) is 5.82 Å². The minimum atomic E-state index is 0. The molecule has 1 aliphatic rings. The summed E-state index contributed by atoms with van der Waals surface area (Å²) >= 11 is 0. The molecule has 4 rings (SSSR count). The molecule has 1 aliphatic heterocycles. The quantitative estimate of drug-likeness (QED) is 0.513. The number of nitrogens with zero attached hydrogens (tertiary/aromatic N) is 5. The summed E-state index contributed by atoms with van der Waals surface area (Å²) in [7, 11) is 2.00. The Kier molecular flexibility index (Phi) is 6.73. The van der Waals surface area contributed by atoms with Gasteiger partial charge in [-0.2, -0.15) is 37.0 Å². The van der Waals surface area contributed by atoms with Crippen molar-refractivity contribution in [2.45, 2.75) is 0 Å². The predicted octanol–water partition coefficient (Wildman–Crippen LogP) is 2.93. The minimum absolute atomic E-state index is 0. The molecular weight excluding hydrogens is 478 g/mol. The Morgan fingerprint density at radius 3 is 2.50 bits per heavy atom. The summed E-state index contributed by atoms with van der Waals surface area (Å²) in [5, 5.41) is 0. The number of aromatic nitrogens is 3. The third kappa shape index (κ3) is 4.78. The predicted molar refractivity (Wildman–Crippen MR) is 89.7 cm³/mol. The molecule has 0 amide bonds. The van der Waals surface area contributed by atoms with Crippen LogP contribution in [-0.2, 0) is 20.1 Å². The zero-order chi connectivity index (χ0) is 15.9. The second kappa shape index (κ2) is 9.01. The van der Waals surface area contributed by atoms with Crippen LogP contribution in [0.3, 0.4) is 0 Å². The van der Waals surface area contributed by atoms with Crippen molar-refractivity contribution in [2.24, 2.45) is 0 Å². The molecule has 0 atom stereocenters. The van der Waals surface area contributed by atoms with Gasteiger partial charge in [-0.05, 0) is 37.4 Å². The molecule has 3 aromatic rings. The molecule has 0 bridgehead atoms. The van der Waals surface area contributed by atoms with E-state index in [9.17, 15) is 0 Å². The molecule has 0 saturated carbocycles. The maximum absolute atomic E-state index is 4.10. The SMILES string of the molecule is CN1C=CN(c2[c-]cccc2)[CH-]1.[Ir+3].c1ccc(-c2ncc[n-]2)nc1. The molecule has 6 heteroatoms. The van der Waals surface area contributed by atoms with Crippen LogP contribution in [0.1, 0.15) is 0 Å². The van der Waals surface area contributed by atoms with Crippen molar-refractivity contribution in [3.05, 3.63) is 86.2 Å². The first-order chi connectivity index (χ1) is 11.3. The van der Waals surface area contributed by atoms with Crippen molar-refractivity contribution >= 4 is 5.69 Å². The van der Waals surface area contributed by atoms with Crippen LogP contribution in [0.5, 0.6) is 0 Å². The molecule has 0 aliphatic carbocycles. The fourth-order valence-corrected chi connectivity index (χ4v) is 2.01. The number of imidazole rings is 1. The summed E-state index contributed by atoms with van der Waals surface area (Å²) in [4.78, 5) is 16.2. The standard InChI is InChI=1S/C10H10N2.C8H6N3.Ir/c1-11-7-8-12(9-11)10-5-3-2-4-6-10;1-2-4-9-7(3-1)8-10-5-6-11-8;/h2-5,7-9H,1H3;1-6H;/q-2;-1;+3. The summed E-state index contributed by atoms with van der Waals surface area (Å²) in [5.41, 5.74) is 1.88. The van der Waals surface area contributed by atoms with Gasteiger partial charge in [-0.15, -0.1) is 5.69 Å². The third-order valence-corrected chi connectivity index (χ3v) is 3.09. The number of hydrogen-bond acceptors (Lipinski definition) is 4. The number of rotatable bonds is 2. The van der Waals surface area contributed by atoms with E-state index in [-0.39, 0.29) is 20.1 Å². The summed E-state index contributed by atoms with van der Waals surface area (Å²) < 4.78 is 0. The van der Waals surface area contributed by atoms with Gasteiger partial charge in [0, 0.05) is 6.20 Å². The second-order valence-corrected chi connectivity index (χ2v) is 4.83. The van der Waals surface area contributed by atoms with Crippen molar-refractivity contribution < 1.29 is 20.1 Å². The number of para-hydroxylation sites is 1. The van der Waals surface area contributed by atoms with Gasteiger partial charge in [0.15, 0.2) is 0 Å². The molecule has 0 N–H and O–H groups in total. The van der Waals surface area contributed by atoms with Crippen molar-refractivity contribution in [3.63, 3.8) is 0 Å². The summed E-state index contributed by atoms with van der Waals surface area (Å²) in [6.45, 7) is 2.01. The molecule has 0 unspecified atom stereocenters. The second-order valence-electron chi connectivity index (χ2n) is 4.83. The Hall–Kier alpha value is -2.43. The van der Waals surface area contributed by atoms with E-state index in [1.807, 2.05) is 78.4 Å². The molecule has 122 valence electrons. The molecule has 1 aromatic carbocycles. The molecule has 2 aromatic heterocycles. The molecule has 0 fully saturated rings. The fourth-order valence-electron chi connectivity index (χ4n) is 2.01. The van der Waals surface area contributed by atoms with Crippen LogP contribution in [-0.4, -0.2) is 21.9 Å². The number of anilines is 1. The first kappa shape index (κ1) is 17.9. The third-order valence-electron chi connectivity index (χ3n) is 3.09. The molecule has 0 spiro atoms. The van der Waals surface area contributed by atoms with E-state index in [0.717, 1.165) is 11.4 Å². The minimum Gasteiger partial charge on any atom is -0.510 e. The number of pyridine rings is 1. The Bertz CT molecular complexity index is 729. The summed E-state index contributed by atoms with van der Waals surface area (Å²) in [6, 6.07) is 16.7. The summed E-state index contributed by atoms with van der Waals surface area (Å²) in [6.07, 6.45) is 9.05. The van der Waals surface area contributed by atoms with Gasteiger partial charge in [0.1, 0.15) is 0 Å². The normalized spacial score (nSPS) is 12.4. The summed E-state index contributed by atoms with van der Waals surface area (Å²) in [5.74, 6) is 0.686. The zero-order valence-electron chi connectivity index (χ0n) is 13.1. The Morgan fingerprint density at radius 1 is 1.04 bits per heavy atom. The van der Waals surface area contributed by atoms with E-state index in [4.69, 9.17) is 0 Å². The van der Waals surface area contributed by atoms with E-state index in [1.54, 1.807) is 18.6 Å². The van der Waals surface area contributed by atoms with Crippen LogP contribution >= 0.6 is 0 Å². The fraction of sp³-hybridized carbons (Fsp3) is 0.0556. The Labute approximate surface area is 155 Å². The van der Waals surface area contributed by atoms with Gasteiger partial charge in [-0.25, -0.2) is 0 Å². The van der Waals surface area contributed by atoms with Crippen molar-refractivity contribution in [1.82, 2.24) is 19.9 Å². The number of hydrogen-bond donors (Lipinski definition) is 0. The smallest absolute Gasteiger partial charge is 0.510 e. The average molecular weight is 495 g/mol. The van der Waals surface area contributed by atoms with E-state index >= 15 is 0 Å². The van der Waals surface area contributed by atoms with Crippen molar-refractivity contribution in [2.75, 3.05) is 11.9 Å². The largest absolute Gasteiger partial charge is 3.00 e. The molecule has 3 heterocycles. The van der Waals surface area contributed by atoms with Gasteiger partial charge < -0.3 is 19.8 Å². The van der Waals surface area contributed by atoms with Crippen LogP contribution < -0.4 is 9.88 Å². The van der Waals surface area contributed by atoms with E-state index < -0.39 is 0 Å². The van der Waals surface area contributed by atoms with Gasteiger partial charge in [-0.1, -0.05) is 18.5 Å². The van der Waals surface area contributed by atoms with Crippen LogP contribution in [0.2, 0.25) is 0 Å². The first-order valence-corrected chi connectivity index (χ1v) is 7.18. The molecule has 0 saturated heterocycles. The Balaban J connectivity index is 0.000000167. The van der Waals surface area contributed by atoms with Gasteiger partial charge in [0.2, 0.25) is 0 Å². The van der Waals surface area contributed by atoms with Crippen LogP contribution in [0.15, 0.2) is 73.5 Å². The van der Waals surface area contributed by atoms with E-state index in [2.05, 4.69) is 21.0 Å². The Morgan fingerprint density at radius 2 is 1.92 bits per heavy atom. The monoisotopic (exact) mass is 495 g/mol. The van der Waals surface area contributed by atoms with E-state index in [1.165, 1.54) is 0 Å². The zero-order valence-corrected chi connectivity index (χ0v) is 15.5. The number of benzene rings is 1. The molecule has 5 nitrogen and oxygen atoms in total. The van der Waals surface area contributed by atoms with Gasteiger partial charge in [-0.3, -0.25) is 4.98 Å². The van der Waals surface area contributed by atoms with Crippen LogP contribution in [0.25, 0.3) is 11.5 Å². The van der Waals surface area contributed by atoms with Gasteiger partial charge in [0.05, 0.1) is 5.69 Å². The molecular formula is C18H16IrN5. The molecule has 24 heavy (non-hydrogen) atoms.